The van der Waals surface area contributed by atoms with Crippen molar-refractivity contribution in [1.82, 2.24) is 9.80 Å². The Hall–Kier alpha value is -1.24. The monoisotopic (exact) mass is 377 g/mol. The lowest BCUT2D eigenvalue weighted by Gasteiger charge is -2.48. The number of carbonyl (C=O) groups excluding carboxylic acids is 2. The number of benzene rings is 1. The molecule has 1 aromatic carbocycles. The number of rotatable bonds is 0. The highest BCUT2D eigenvalue weighted by Crippen LogP contribution is 2.58. The first-order valence-corrected chi connectivity index (χ1v) is 8.76. The number of carbonyl (C=O) groups is 2. The fourth-order valence-corrected chi connectivity index (χ4v) is 5.24. The van der Waals surface area contributed by atoms with Crippen LogP contribution in [0.5, 0.6) is 0 Å². The van der Waals surface area contributed by atoms with Crippen LogP contribution in [-0.2, 0) is 15.1 Å². The predicted molar refractivity (Wildman–Crippen MR) is 91.3 cm³/mol. The Bertz CT molecular complexity index is 722. The van der Waals surface area contributed by atoms with Gasteiger partial charge in [-0.1, -0.05) is 15.9 Å². The van der Waals surface area contributed by atoms with Gasteiger partial charge in [0.2, 0.25) is 0 Å². The minimum Gasteiger partial charge on any atom is -0.324 e. The Labute approximate surface area is 144 Å². The summed E-state index contributed by atoms with van der Waals surface area (Å²) in [4.78, 5) is 30.5. The van der Waals surface area contributed by atoms with Crippen LogP contribution < -0.4 is 5.32 Å². The number of hydrogen-bond acceptors (Lipinski definition) is 4. The Morgan fingerprint density at radius 1 is 1.22 bits per heavy atom. The smallest absolute Gasteiger partial charge is 0.250 e. The summed E-state index contributed by atoms with van der Waals surface area (Å²) in [6.07, 6.45) is 1.24. The summed E-state index contributed by atoms with van der Waals surface area (Å²) >= 11 is 3.52. The van der Waals surface area contributed by atoms with Gasteiger partial charge < -0.3 is 10.2 Å². The van der Waals surface area contributed by atoms with E-state index in [1.807, 2.05) is 32.3 Å². The molecule has 4 rings (SSSR count). The fraction of sp³-hybridized carbons (Fsp3) is 0.529. The summed E-state index contributed by atoms with van der Waals surface area (Å²) in [5.74, 6) is 0.164. The molecular formula is C17H20BrN3O2. The van der Waals surface area contributed by atoms with Gasteiger partial charge in [-0.05, 0) is 38.7 Å². The lowest BCUT2D eigenvalue weighted by atomic mass is 9.62. The Morgan fingerprint density at radius 2 is 2.00 bits per heavy atom. The number of piperidine rings is 1. The number of likely N-dealkylation sites (tertiary alicyclic amines) is 2. The van der Waals surface area contributed by atoms with Gasteiger partial charge in [-0.2, -0.15) is 0 Å². The number of nitrogens with zero attached hydrogens (tertiary/aromatic N) is 2. The van der Waals surface area contributed by atoms with E-state index in [1.54, 1.807) is 0 Å². The van der Waals surface area contributed by atoms with Gasteiger partial charge in [0.05, 0.1) is 5.41 Å². The zero-order chi connectivity index (χ0) is 16.4. The second-order valence-corrected chi connectivity index (χ2v) is 7.93. The molecule has 0 radical (unpaired) electrons. The lowest BCUT2D eigenvalue weighted by molar-refractivity contribution is -0.149. The first kappa shape index (κ1) is 15.3. The van der Waals surface area contributed by atoms with E-state index in [0.717, 1.165) is 35.2 Å². The maximum atomic E-state index is 13.2. The van der Waals surface area contributed by atoms with Gasteiger partial charge in [0, 0.05) is 41.8 Å². The quantitative estimate of drug-likeness (QED) is 0.749. The molecule has 23 heavy (non-hydrogen) atoms. The van der Waals surface area contributed by atoms with Crippen LogP contribution >= 0.6 is 15.9 Å². The van der Waals surface area contributed by atoms with Gasteiger partial charge in [-0.3, -0.25) is 14.5 Å². The molecule has 2 unspecified atom stereocenters. The molecule has 0 aromatic heterocycles. The Balaban J connectivity index is 1.99. The second kappa shape index (κ2) is 4.88. The molecule has 0 saturated carbocycles. The van der Waals surface area contributed by atoms with Crippen LogP contribution in [0.2, 0.25) is 0 Å². The molecule has 5 nitrogen and oxygen atoms in total. The predicted octanol–water partition coefficient (Wildman–Crippen LogP) is 1.82. The molecule has 122 valence electrons. The summed E-state index contributed by atoms with van der Waals surface area (Å²) in [5, 5.41) is 3.02. The highest BCUT2D eigenvalue weighted by Gasteiger charge is 2.70. The number of amides is 1. The summed E-state index contributed by atoms with van der Waals surface area (Å²) < 4.78 is 0.930. The third-order valence-corrected chi connectivity index (χ3v) is 6.37. The number of likely N-dealkylation sites (N-methyl/N-ethyl adjacent to an activating group) is 1. The number of anilines is 1. The van der Waals surface area contributed by atoms with Crippen molar-refractivity contribution in [2.24, 2.45) is 5.41 Å². The van der Waals surface area contributed by atoms with Crippen LogP contribution in [0.1, 0.15) is 18.4 Å². The molecule has 1 aromatic rings. The van der Waals surface area contributed by atoms with Crippen molar-refractivity contribution < 1.29 is 9.59 Å². The number of hydrogen-bond donors (Lipinski definition) is 1. The van der Waals surface area contributed by atoms with Crippen molar-refractivity contribution in [3.05, 3.63) is 28.2 Å². The number of Topliss-reactive ketones (excluding diaryl/α,β-unsaturated/α-hetero) is 1. The summed E-state index contributed by atoms with van der Waals surface area (Å²) in [6.45, 7) is 2.15. The van der Waals surface area contributed by atoms with Gasteiger partial charge >= 0.3 is 0 Å². The molecule has 2 spiro atoms. The maximum absolute atomic E-state index is 13.2. The minimum atomic E-state index is -0.891. The molecule has 3 aliphatic heterocycles. The van der Waals surface area contributed by atoms with Crippen molar-refractivity contribution in [2.45, 2.75) is 18.4 Å². The average Bonchev–Trinajstić information content (AvgIpc) is 2.96. The zero-order valence-electron chi connectivity index (χ0n) is 13.4. The van der Waals surface area contributed by atoms with E-state index in [2.05, 4.69) is 31.0 Å². The molecule has 0 aliphatic carbocycles. The van der Waals surface area contributed by atoms with Crippen LogP contribution in [0.15, 0.2) is 22.7 Å². The molecule has 2 fully saturated rings. The Morgan fingerprint density at radius 3 is 2.78 bits per heavy atom. The van der Waals surface area contributed by atoms with E-state index in [1.165, 1.54) is 0 Å². The fourth-order valence-electron chi connectivity index (χ4n) is 4.88. The van der Waals surface area contributed by atoms with Gasteiger partial charge in [-0.15, -0.1) is 0 Å². The highest BCUT2D eigenvalue weighted by atomic mass is 79.9. The number of halogens is 1. The van der Waals surface area contributed by atoms with E-state index in [4.69, 9.17) is 0 Å². The van der Waals surface area contributed by atoms with Gasteiger partial charge in [0.15, 0.2) is 0 Å². The molecule has 2 saturated heterocycles. The zero-order valence-corrected chi connectivity index (χ0v) is 14.9. The van der Waals surface area contributed by atoms with Crippen molar-refractivity contribution in [2.75, 3.05) is 39.0 Å². The molecule has 1 amide bonds. The third kappa shape index (κ3) is 1.74. The van der Waals surface area contributed by atoms with Gasteiger partial charge in [-0.25, -0.2) is 0 Å². The van der Waals surface area contributed by atoms with Crippen LogP contribution in [0, 0.1) is 5.41 Å². The topological polar surface area (TPSA) is 52.7 Å². The summed E-state index contributed by atoms with van der Waals surface area (Å²) in [5.41, 5.74) is 0.204. The van der Waals surface area contributed by atoms with Gasteiger partial charge in [0.1, 0.15) is 11.3 Å². The first-order valence-electron chi connectivity index (χ1n) is 7.96. The number of fused-ring (bicyclic) bond motifs is 3. The Kier molecular flexibility index (Phi) is 3.25. The summed E-state index contributed by atoms with van der Waals surface area (Å²) in [6, 6.07) is 5.84. The SMILES string of the molecule is CN1CCC(=O)C2(CCN(C)C23C(=O)Nc2ccc(Br)cc23)C1. The normalized spacial score (nSPS) is 34.4. The molecule has 2 atom stereocenters. The molecular weight excluding hydrogens is 358 g/mol. The van der Waals surface area contributed by atoms with Crippen LogP contribution in [-0.4, -0.2) is 55.2 Å². The third-order valence-electron chi connectivity index (χ3n) is 5.88. The van der Waals surface area contributed by atoms with E-state index in [-0.39, 0.29) is 11.7 Å². The van der Waals surface area contributed by atoms with Crippen LogP contribution in [0.4, 0.5) is 5.69 Å². The molecule has 0 bridgehead atoms. The van der Waals surface area contributed by atoms with E-state index in [0.29, 0.717) is 13.0 Å². The number of ketones is 1. The van der Waals surface area contributed by atoms with Crippen molar-refractivity contribution in [1.29, 1.82) is 0 Å². The molecule has 3 heterocycles. The average molecular weight is 378 g/mol. The molecule has 3 aliphatic rings. The summed E-state index contributed by atoms with van der Waals surface area (Å²) in [7, 11) is 4.00. The van der Waals surface area contributed by atoms with E-state index < -0.39 is 11.0 Å². The lowest BCUT2D eigenvalue weighted by Crippen LogP contribution is -2.63. The second-order valence-electron chi connectivity index (χ2n) is 7.02. The molecule has 6 heteroatoms. The minimum absolute atomic E-state index is 0.0609. The maximum Gasteiger partial charge on any atom is 0.250 e. The van der Waals surface area contributed by atoms with Crippen LogP contribution in [0.3, 0.4) is 0 Å². The van der Waals surface area contributed by atoms with Crippen LogP contribution in [0.25, 0.3) is 0 Å². The van der Waals surface area contributed by atoms with Crippen molar-refractivity contribution >= 4 is 33.3 Å². The van der Waals surface area contributed by atoms with Crippen molar-refractivity contribution in [3.8, 4) is 0 Å². The van der Waals surface area contributed by atoms with E-state index in [9.17, 15) is 9.59 Å². The first-order chi connectivity index (χ1) is 10.9. The largest absolute Gasteiger partial charge is 0.324 e. The van der Waals surface area contributed by atoms with Crippen molar-refractivity contribution in [3.63, 3.8) is 0 Å². The van der Waals surface area contributed by atoms with E-state index >= 15 is 0 Å². The molecule has 1 N–H and O–H groups in total. The number of nitrogens with one attached hydrogen (secondary N) is 1. The van der Waals surface area contributed by atoms with Gasteiger partial charge in [0.25, 0.3) is 5.91 Å². The highest BCUT2D eigenvalue weighted by molar-refractivity contribution is 9.10. The standard InChI is InChI=1S/C17H20BrN3O2/c1-20-7-5-14(22)16(10-20)6-8-21(2)17(16)12-9-11(18)3-4-13(12)19-15(17)23/h3-4,9H,5-8,10H2,1-2H3,(H,19,23).